The van der Waals surface area contributed by atoms with Crippen LogP contribution in [-0.4, -0.2) is 47.9 Å². The summed E-state index contributed by atoms with van der Waals surface area (Å²) in [5.74, 6) is 0.730. The summed E-state index contributed by atoms with van der Waals surface area (Å²) in [4.78, 5) is 12.4. The molecule has 0 fully saturated rings. The average molecular weight is 474 g/mol. The van der Waals surface area contributed by atoms with E-state index >= 15 is 0 Å². The topological polar surface area (TPSA) is 106 Å². The molecule has 2 aromatic carbocycles. The number of benzene rings is 2. The molecule has 0 radical (unpaired) electrons. The normalized spacial score (nSPS) is 11.5. The quantitative estimate of drug-likeness (QED) is 0.346. The zero-order valence-electron chi connectivity index (χ0n) is 18.3. The summed E-state index contributed by atoms with van der Waals surface area (Å²) in [5, 5.41) is 11.9. The molecular weight excluding hydrogens is 446 g/mol. The number of carbonyl (C=O) groups excluding carboxylic acids is 1. The minimum atomic E-state index is -3.59. The smallest absolute Gasteiger partial charge is 0.240 e. The van der Waals surface area contributed by atoms with Crippen LogP contribution in [0.25, 0.3) is 11.4 Å². The first kappa shape index (κ1) is 24.0. The molecule has 2 N–H and O–H groups in total. The Morgan fingerprint density at radius 2 is 1.78 bits per heavy atom. The lowest BCUT2D eigenvalue weighted by atomic mass is 10.1. The molecule has 170 valence electrons. The fraction of sp³-hybridized carbons (Fsp3) is 0.318. The molecule has 32 heavy (non-hydrogen) atoms. The molecule has 1 heterocycles. The predicted octanol–water partition coefficient (Wildman–Crippen LogP) is 2.77. The molecule has 0 bridgehead atoms. The molecular formula is C22H27N5O3S2. The van der Waals surface area contributed by atoms with Crippen LogP contribution in [0.15, 0.2) is 58.6 Å². The molecule has 0 aliphatic rings. The van der Waals surface area contributed by atoms with E-state index in [0.717, 1.165) is 22.5 Å². The maximum Gasteiger partial charge on any atom is 0.240 e. The van der Waals surface area contributed by atoms with Crippen molar-refractivity contribution in [1.82, 2.24) is 24.8 Å². The van der Waals surface area contributed by atoms with E-state index in [2.05, 4.69) is 26.3 Å². The van der Waals surface area contributed by atoms with E-state index in [4.69, 9.17) is 0 Å². The Bertz CT molecular complexity index is 1170. The summed E-state index contributed by atoms with van der Waals surface area (Å²) >= 11 is 1.30. The van der Waals surface area contributed by atoms with Gasteiger partial charge in [-0.1, -0.05) is 53.2 Å². The Balaban J connectivity index is 1.48. The molecule has 0 saturated carbocycles. The largest absolute Gasteiger partial charge is 0.354 e. The summed E-state index contributed by atoms with van der Waals surface area (Å²) in [6.45, 7) is 6.91. The van der Waals surface area contributed by atoms with Gasteiger partial charge in [0.15, 0.2) is 11.0 Å². The number of thioether (sulfide) groups is 1. The van der Waals surface area contributed by atoms with Crippen LogP contribution in [0.4, 0.5) is 0 Å². The molecule has 0 spiro atoms. The van der Waals surface area contributed by atoms with E-state index in [1.165, 1.54) is 11.8 Å². The highest BCUT2D eigenvalue weighted by atomic mass is 32.2. The van der Waals surface area contributed by atoms with Crippen LogP contribution in [0.2, 0.25) is 0 Å². The second-order valence-corrected chi connectivity index (χ2v) is 9.98. The Labute approximate surface area is 192 Å². The maximum absolute atomic E-state index is 12.3. The number of hydrogen-bond donors (Lipinski definition) is 2. The summed E-state index contributed by atoms with van der Waals surface area (Å²) < 4.78 is 29.0. The Hall–Kier alpha value is -2.69. The summed E-state index contributed by atoms with van der Waals surface area (Å²) in [6, 6.07) is 14.6. The highest BCUT2D eigenvalue weighted by Crippen LogP contribution is 2.24. The standard InChI is InChI=1S/C22H27N5O3S2/c1-4-27-21(18-7-5-6-17(3)14-18)25-26-22(27)31-15-20(28)23-12-13-24-32(29,30)19-10-8-16(2)9-11-19/h5-11,14,24H,4,12-13,15H2,1-3H3,(H,23,28). The molecule has 3 aromatic rings. The lowest BCUT2D eigenvalue weighted by molar-refractivity contribution is -0.118. The second-order valence-electron chi connectivity index (χ2n) is 7.27. The number of sulfonamides is 1. The van der Waals surface area contributed by atoms with Crippen molar-refractivity contribution < 1.29 is 13.2 Å². The van der Waals surface area contributed by atoms with E-state index in [1.807, 2.05) is 43.5 Å². The third-order valence-electron chi connectivity index (χ3n) is 4.71. The summed E-state index contributed by atoms with van der Waals surface area (Å²) in [5.41, 5.74) is 3.11. The molecule has 10 heteroatoms. The lowest BCUT2D eigenvalue weighted by Gasteiger charge is -2.09. The van der Waals surface area contributed by atoms with Crippen molar-refractivity contribution in [3.05, 3.63) is 59.7 Å². The van der Waals surface area contributed by atoms with Crippen molar-refractivity contribution in [1.29, 1.82) is 0 Å². The van der Waals surface area contributed by atoms with Gasteiger partial charge in [-0.25, -0.2) is 13.1 Å². The molecule has 0 unspecified atom stereocenters. The first-order valence-corrected chi connectivity index (χ1v) is 12.7. The number of nitrogens with one attached hydrogen (secondary N) is 2. The van der Waals surface area contributed by atoms with Crippen molar-refractivity contribution in [3.63, 3.8) is 0 Å². The maximum atomic E-state index is 12.3. The van der Waals surface area contributed by atoms with Crippen LogP contribution in [-0.2, 0) is 21.4 Å². The van der Waals surface area contributed by atoms with E-state index < -0.39 is 10.0 Å². The highest BCUT2D eigenvalue weighted by molar-refractivity contribution is 7.99. The number of hydrogen-bond acceptors (Lipinski definition) is 6. The van der Waals surface area contributed by atoms with Crippen LogP contribution in [0.1, 0.15) is 18.1 Å². The first-order chi connectivity index (χ1) is 15.3. The van der Waals surface area contributed by atoms with Crippen molar-refractivity contribution in [3.8, 4) is 11.4 Å². The zero-order valence-corrected chi connectivity index (χ0v) is 20.0. The number of carbonyl (C=O) groups is 1. The zero-order chi connectivity index (χ0) is 23.1. The number of aryl methyl sites for hydroxylation is 2. The van der Waals surface area contributed by atoms with Gasteiger partial charge in [-0.05, 0) is 39.0 Å². The minimum Gasteiger partial charge on any atom is -0.354 e. The lowest BCUT2D eigenvalue weighted by Crippen LogP contribution is -2.35. The van der Waals surface area contributed by atoms with Crippen LogP contribution >= 0.6 is 11.8 Å². The van der Waals surface area contributed by atoms with Gasteiger partial charge in [0.05, 0.1) is 10.6 Å². The Morgan fingerprint density at radius 3 is 2.47 bits per heavy atom. The van der Waals surface area contributed by atoms with E-state index in [9.17, 15) is 13.2 Å². The monoisotopic (exact) mass is 473 g/mol. The first-order valence-electron chi connectivity index (χ1n) is 10.3. The second kappa shape index (κ2) is 10.8. The molecule has 0 aliphatic carbocycles. The number of aromatic nitrogens is 3. The molecule has 1 aromatic heterocycles. The van der Waals surface area contributed by atoms with Gasteiger partial charge in [0, 0.05) is 25.2 Å². The van der Waals surface area contributed by atoms with E-state index in [0.29, 0.717) is 11.7 Å². The van der Waals surface area contributed by atoms with Gasteiger partial charge < -0.3 is 9.88 Å². The number of nitrogens with zero attached hydrogens (tertiary/aromatic N) is 3. The third kappa shape index (κ3) is 6.18. The molecule has 3 rings (SSSR count). The van der Waals surface area contributed by atoms with Gasteiger partial charge in [-0.2, -0.15) is 0 Å². The third-order valence-corrected chi connectivity index (χ3v) is 7.16. The summed E-state index contributed by atoms with van der Waals surface area (Å²) in [7, 11) is -3.59. The SMILES string of the molecule is CCn1c(SCC(=O)NCCNS(=O)(=O)c2ccc(C)cc2)nnc1-c1cccc(C)c1. The van der Waals surface area contributed by atoms with Crippen molar-refractivity contribution in [2.75, 3.05) is 18.8 Å². The van der Waals surface area contributed by atoms with Crippen molar-refractivity contribution in [2.24, 2.45) is 0 Å². The predicted molar refractivity (Wildman–Crippen MR) is 126 cm³/mol. The Kier molecular flexibility index (Phi) is 8.05. The van der Waals surface area contributed by atoms with Gasteiger partial charge in [0.1, 0.15) is 0 Å². The average Bonchev–Trinajstić information content (AvgIpc) is 3.18. The number of amides is 1. The van der Waals surface area contributed by atoms with Gasteiger partial charge in [0.2, 0.25) is 15.9 Å². The number of rotatable bonds is 10. The van der Waals surface area contributed by atoms with E-state index in [1.54, 1.807) is 24.3 Å². The van der Waals surface area contributed by atoms with Gasteiger partial charge >= 0.3 is 0 Å². The Morgan fingerprint density at radius 1 is 1.03 bits per heavy atom. The minimum absolute atomic E-state index is 0.106. The van der Waals surface area contributed by atoms with Gasteiger partial charge in [0.25, 0.3) is 0 Å². The van der Waals surface area contributed by atoms with Crippen LogP contribution in [0.5, 0.6) is 0 Å². The molecule has 1 amide bonds. The van der Waals surface area contributed by atoms with Gasteiger partial charge in [-0.3, -0.25) is 4.79 Å². The fourth-order valence-corrected chi connectivity index (χ4v) is 4.91. The van der Waals surface area contributed by atoms with Crippen LogP contribution in [0.3, 0.4) is 0 Å². The molecule has 8 nitrogen and oxygen atoms in total. The molecule has 0 saturated heterocycles. The highest BCUT2D eigenvalue weighted by Gasteiger charge is 2.15. The van der Waals surface area contributed by atoms with E-state index in [-0.39, 0.29) is 29.6 Å². The van der Waals surface area contributed by atoms with Crippen molar-refractivity contribution in [2.45, 2.75) is 37.4 Å². The van der Waals surface area contributed by atoms with Gasteiger partial charge in [-0.15, -0.1) is 10.2 Å². The summed E-state index contributed by atoms with van der Waals surface area (Å²) in [6.07, 6.45) is 0. The molecule has 0 aliphatic heterocycles. The van der Waals surface area contributed by atoms with Crippen LogP contribution < -0.4 is 10.0 Å². The van der Waals surface area contributed by atoms with Crippen LogP contribution in [0, 0.1) is 13.8 Å². The molecule has 0 atom stereocenters. The fourth-order valence-electron chi connectivity index (χ4n) is 3.05. The van der Waals surface area contributed by atoms with Crippen molar-refractivity contribution >= 4 is 27.7 Å².